The van der Waals surface area contributed by atoms with Crippen molar-refractivity contribution < 1.29 is 4.79 Å². The summed E-state index contributed by atoms with van der Waals surface area (Å²) in [6.07, 6.45) is 4.25. The minimum atomic E-state index is -0.201. The Morgan fingerprint density at radius 1 is 1.44 bits per heavy atom. The topological polar surface area (TPSA) is 29.1 Å². The van der Waals surface area contributed by atoms with Gasteiger partial charge in [0.15, 0.2) is 0 Å². The van der Waals surface area contributed by atoms with Gasteiger partial charge < -0.3 is 5.32 Å². The normalized spacial score (nSPS) is 17.7. The third-order valence-corrected chi connectivity index (χ3v) is 4.64. The highest BCUT2D eigenvalue weighted by atomic mass is 79.9. The summed E-state index contributed by atoms with van der Waals surface area (Å²) in [5.41, 5.74) is 1.51. The summed E-state index contributed by atoms with van der Waals surface area (Å²) >= 11 is 9.44. The van der Waals surface area contributed by atoms with Crippen molar-refractivity contribution in [3.05, 3.63) is 33.8 Å². The van der Waals surface area contributed by atoms with E-state index in [1.54, 1.807) is 0 Å². The Balaban J connectivity index is 2.18. The predicted octanol–water partition coefficient (Wildman–Crippen LogP) is 4.04. The molecule has 0 heterocycles. The van der Waals surface area contributed by atoms with Crippen molar-refractivity contribution in [1.82, 2.24) is 5.32 Å². The monoisotopic (exact) mass is 329 g/mol. The van der Waals surface area contributed by atoms with Crippen molar-refractivity contribution in [2.24, 2.45) is 0 Å². The molecule has 0 aromatic heterocycles. The van der Waals surface area contributed by atoms with Gasteiger partial charge in [-0.2, -0.15) is 0 Å². The number of carbonyl (C=O) groups excluding carboxylic acids is 1. The molecule has 1 aromatic rings. The first-order valence-electron chi connectivity index (χ1n) is 6.21. The predicted molar refractivity (Wildman–Crippen MR) is 78.3 cm³/mol. The van der Waals surface area contributed by atoms with Crippen molar-refractivity contribution in [1.29, 1.82) is 0 Å². The second kappa shape index (κ2) is 5.62. The lowest BCUT2D eigenvalue weighted by atomic mass is 9.99. The van der Waals surface area contributed by atoms with Crippen molar-refractivity contribution in [3.63, 3.8) is 0 Å². The number of benzene rings is 1. The van der Waals surface area contributed by atoms with Crippen LogP contribution in [0.4, 0.5) is 0 Å². The third kappa shape index (κ3) is 2.89. The van der Waals surface area contributed by atoms with Crippen molar-refractivity contribution in [2.75, 3.05) is 5.88 Å². The Labute approximate surface area is 121 Å². The van der Waals surface area contributed by atoms with Crippen LogP contribution < -0.4 is 5.32 Å². The number of rotatable bonds is 3. The van der Waals surface area contributed by atoms with Crippen molar-refractivity contribution >= 4 is 33.4 Å². The van der Waals surface area contributed by atoms with Gasteiger partial charge in [-0.15, -0.1) is 11.6 Å². The SMILES string of the molecule is Cc1ccc(Br)cc1C(=O)NC1(CCl)CCCC1. The number of hydrogen-bond acceptors (Lipinski definition) is 1. The van der Waals surface area contributed by atoms with Gasteiger partial charge in [0, 0.05) is 15.9 Å². The molecule has 4 heteroatoms. The van der Waals surface area contributed by atoms with Gasteiger partial charge >= 0.3 is 0 Å². The number of aryl methyl sites for hydroxylation is 1. The van der Waals surface area contributed by atoms with Crippen molar-refractivity contribution in [3.8, 4) is 0 Å². The Bertz CT molecular complexity index is 455. The van der Waals surface area contributed by atoms with E-state index < -0.39 is 0 Å². The van der Waals surface area contributed by atoms with E-state index in [-0.39, 0.29) is 11.4 Å². The largest absolute Gasteiger partial charge is 0.345 e. The molecule has 98 valence electrons. The number of nitrogens with one attached hydrogen (secondary N) is 1. The molecular formula is C14H17BrClNO. The van der Waals surface area contributed by atoms with Crippen LogP contribution in [0.2, 0.25) is 0 Å². The lowest BCUT2D eigenvalue weighted by molar-refractivity contribution is 0.0908. The van der Waals surface area contributed by atoms with Gasteiger partial charge in [0.05, 0.1) is 5.54 Å². The van der Waals surface area contributed by atoms with Crippen LogP contribution in [0.25, 0.3) is 0 Å². The first kappa shape index (κ1) is 13.9. The van der Waals surface area contributed by atoms with E-state index in [0.29, 0.717) is 5.88 Å². The minimum Gasteiger partial charge on any atom is -0.345 e. The van der Waals surface area contributed by atoms with Crippen molar-refractivity contribution in [2.45, 2.75) is 38.1 Å². The van der Waals surface area contributed by atoms with Gasteiger partial charge in [-0.05, 0) is 37.5 Å². The summed E-state index contributed by atoms with van der Waals surface area (Å²) < 4.78 is 0.921. The quantitative estimate of drug-likeness (QED) is 0.833. The fourth-order valence-electron chi connectivity index (χ4n) is 2.49. The maximum atomic E-state index is 12.3. The van der Waals surface area contributed by atoms with Gasteiger partial charge in [-0.1, -0.05) is 34.8 Å². The summed E-state index contributed by atoms with van der Waals surface area (Å²) in [7, 11) is 0. The molecule has 0 radical (unpaired) electrons. The van der Waals surface area contributed by atoms with E-state index >= 15 is 0 Å². The van der Waals surface area contributed by atoms with Crippen LogP contribution in [0.5, 0.6) is 0 Å². The van der Waals surface area contributed by atoms with Crippen LogP contribution in [0.15, 0.2) is 22.7 Å². The number of halogens is 2. The zero-order valence-corrected chi connectivity index (χ0v) is 12.8. The summed E-state index contributed by atoms with van der Waals surface area (Å²) in [5, 5.41) is 3.13. The molecule has 1 N–H and O–H groups in total. The molecule has 1 saturated carbocycles. The zero-order valence-electron chi connectivity index (χ0n) is 10.4. The van der Waals surface area contributed by atoms with Crippen LogP contribution in [0.3, 0.4) is 0 Å². The fourth-order valence-corrected chi connectivity index (χ4v) is 3.19. The number of carbonyl (C=O) groups is 1. The highest BCUT2D eigenvalue weighted by molar-refractivity contribution is 9.10. The van der Waals surface area contributed by atoms with Crippen LogP contribution in [-0.2, 0) is 0 Å². The maximum Gasteiger partial charge on any atom is 0.252 e. The molecule has 0 atom stereocenters. The van der Waals surface area contributed by atoms with Gasteiger partial charge in [0.25, 0.3) is 5.91 Å². The smallest absolute Gasteiger partial charge is 0.252 e. The van der Waals surface area contributed by atoms with E-state index in [9.17, 15) is 4.79 Å². The minimum absolute atomic E-state index is 0.0173. The van der Waals surface area contributed by atoms with Crippen LogP contribution in [0, 0.1) is 6.92 Å². The van der Waals surface area contributed by atoms with Gasteiger partial charge in [-0.3, -0.25) is 4.79 Å². The standard InChI is InChI=1S/C14H17BrClNO/c1-10-4-5-11(15)8-12(10)13(18)17-14(9-16)6-2-3-7-14/h4-5,8H,2-3,6-7,9H2,1H3,(H,17,18). The Kier molecular flexibility index (Phi) is 4.33. The molecule has 1 aliphatic rings. The molecule has 1 amide bonds. The summed E-state index contributed by atoms with van der Waals surface area (Å²) in [6, 6.07) is 5.75. The van der Waals surface area contributed by atoms with E-state index in [0.717, 1.165) is 41.3 Å². The second-order valence-electron chi connectivity index (χ2n) is 5.03. The molecule has 0 spiro atoms. The fraction of sp³-hybridized carbons (Fsp3) is 0.500. The highest BCUT2D eigenvalue weighted by Gasteiger charge is 2.34. The Morgan fingerprint density at radius 3 is 2.72 bits per heavy atom. The number of amides is 1. The van der Waals surface area contributed by atoms with Gasteiger partial charge in [-0.25, -0.2) is 0 Å². The molecular weight excluding hydrogens is 314 g/mol. The average Bonchev–Trinajstić information content (AvgIpc) is 2.81. The first-order valence-corrected chi connectivity index (χ1v) is 7.54. The molecule has 2 nitrogen and oxygen atoms in total. The van der Waals surface area contributed by atoms with E-state index in [2.05, 4.69) is 21.2 Å². The molecule has 0 unspecified atom stereocenters. The lowest BCUT2D eigenvalue weighted by Gasteiger charge is -2.28. The summed E-state index contributed by atoms with van der Waals surface area (Å²) in [5.74, 6) is 0.475. The summed E-state index contributed by atoms with van der Waals surface area (Å²) in [4.78, 5) is 12.3. The molecule has 0 aliphatic heterocycles. The van der Waals surface area contributed by atoms with Crippen LogP contribution in [0.1, 0.15) is 41.6 Å². The second-order valence-corrected chi connectivity index (χ2v) is 6.22. The molecule has 18 heavy (non-hydrogen) atoms. The van der Waals surface area contributed by atoms with E-state index in [1.807, 2.05) is 25.1 Å². The average molecular weight is 331 g/mol. The Hall–Kier alpha value is -0.540. The summed E-state index contributed by atoms with van der Waals surface area (Å²) in [6.45, 7) is 1.95. The first-order chi connectivity index (χ1) is 8.56. The number of hydrogen-bond donors (Lipinski definition) is 1. The third-order valence-electron chi connectivity index (χ3n) is 3.64. The van der Waals surface area contributed by atoms with Crippen LogP contribution in [-0.4, -0.2) is 17.3 Å². The van der Waals surface area contributed by atoms with Crippen LogP contribution >= 0.6 is 27.5 Å². The molecule has 1 aliphatic carbocycles. The Morgan fingerprint density at radius 2 is 2.11 bits per heavy atom. The number of alkyl halides is 1. The maximum absolute atomic E-state index is 12.3. The molecule has 1 fully saturated rings. The van der Waals surface area contributed by atoms with Gasteiger partial charge in [0.2, 0.25) is 0 Å². The molecule has 1 aromatic carbocycles. The van der Waals surface area contributed by atoms with Gasteiger partial charge in [0.1, 0.15) is 0 Å². The van der Waals surface area contributed by atoms with E-state index in [4.69, 9.17) is 11.6 Å². The molecule has 0 bridgehead atoms. The molecule has 2 rings (SSSR count). The van der Waals surface area contributed by atoms with E-state index in [1.165, 1.54) is 0 Å². The lowest BCUT2D eigenvalue weighted by Crippen LogP contribution is -2.48. The highest BCUT2D eigenvalue weighted by Crippen LogP contribution is 2.31. The molecule has 0 saturated heterocycles. The zero-order chi connectivity index (χ0) is 13.2.